The van der Waals surface area contributed by atoms with E-state index in [1.54, 1.807) is 0 Å². The van der Waals surface area contributed by atoms with Crippen LogP contribution in [0.15, 0.2) is 36.4 Å². The van der Waals surface area contributed by atoms with Crippen LogP contribution in [0.25, 0.3) is 0 Å². The summed E-state index contributed by atoms with van der Waals surface area (Å²) in [6.45, 7) is 3.26. The highest BCUT2D eigenvalue weighted by Crippen LogP contribution is 2.44. The first-order valence-corrected chi connectivity index (χ1v) is 11.6. The van der Waals surface area contributed by atoms with Gasteiger partial charge in [0.1, 0.15) is 12.4 Å². The van der Waals surface area contributed by atoms with Crippen LogP contribution >= 0.6 is 20.8 Å². The first kappa shape index (κ1) is 23.1. The molecule has 1 N–H and O–H groups in total. The summed E-state index contributed by atoms with van der Waals surface area (Å²) in [6, 6.07) is 12.1. The summed E-state index contributed by atoms with van der Waals surface area (Å²) in [7, 11) is 2.70. The second kappa shape index (κ2) is 10.6. The molecular formula is C24H30ClO4P. The first-order chi connectivity index (χ1) is 14.4. The molecule has 0 saturated carbocycles. The Bertz CT molecular complexity index is 865. The van der Waals surface area contributed by atoms with Gasteiger partial charge >= 0.3 is 5.97 Å². The minimum absolute atomic E-state index is 0.233. The van der Waals surface area contributed by atoms with E-state index in [0.29, 0.717) is 24.7 Å². The lowest BCUT2D eigenvalue weighted by atomic mass is 9.92. The fourth-order valence-corrected chi connectivity index (χ4v) is 4.79. The molecule has 6 heteroatoms. The number of rotatable bonds is 11. The van der Waals surface area contributed by atoms with Crippen molar-refractivity contribution in [1.29, 1.82) is 0 Å². The average Bonchev–Trinajstić information content (AvgIpc) is 3.08. The van der Waals surface area contributed by atoms with E-state index >= 15 is 0 Å². The van der Waals surface area contributed by atoms with E-state index in [1.807, 2.05) is 24.3 Å². The van der Waals surface area contributed by atoms with Gasteiger partial charge in [-0.1, -0.05) is 43.1 Å². The fraction of sp³-hybridized carbons (Fsp3) is 0.458. The Morgan fingerprint density at radius 3 is 2.80 bits per heavy atom. The first-order valence-electron chi connectivity index (χ1n) is 10.6. The van der Waals surface area contributed by atoms with Gasteiger partial charge in [-0.25, -0.2) is 0 Å². The van der Waals surface area contributed by atoms with Crippen LogP contribution in [-0.4, -0.2) is 17.7 Å². The number of carbonyl (C=O) groups is 1. The van der Waals surface area contributed by atoms with Crippen molar-refractivity contribution >= 4 is 32.1 Å². The van der Waals surface area contributed by atoms with Crippen LogP contribution in [-0.2, 0) is 28.2 Å². The van der Waals surface area contributed by atoms with Crippen molar-refractivity contribution in [3.8, 4) is 5.75 Å². The van der Waals surface area contributed by atoms with Crippen molar-refractivity contribution in [3.63, 3.8) is 0 Å². The van der Waals surface area contributed by atoms with Crippen molar-refractivity contribution in [2.75, 3.05) is 6.61 Å². The Balaban J connectivity index is 1.60. The third-order valence-corrected chi connectivity index (χ3v) is 6.78. The zero-order valence-corrected chi connectivity index (χ0v) is 19.4. The molecule has 2 unspecified atom stereocenters. The molecule has 0 bridgehead atoms. The molecule has 0 amide bonds. The number of aliphatic carboxylic acids is 1. The van der Waals surface area contributed by atoms with Gasteiger partial charge in [0.15, 0.2) is 0 Å². The van der Waals surface area contributed by atoms with E-state index in [4.69, 9.17) is 26.2 Å². The number of carboxylic acids is 1. The number of halogens is 1. The minimum Gasteiger partial charge on any atom is -0.489 e. The average molecular weight is 449 g/mol. The molecule has 0 aliphatic heterocycles. The second-order valence-corrected chi connectivity index (χ2v) is 8.85. The fourth-order valence-electron chi connectivity index (χ4n) is 4.11. The van der Waals surface area contributed by atoms with E-state index < -0.39 is 5.97 Å². The highest BCUT2D eigenvalue weighted by molar-refractivity contribution is 7.27. The Labute approximate surface area is 186 Å². The predicted octanol–water partition coefficient (Wildman–Crippen LogP) is 5.63. The molecule has 0 aromatic heterocycles. The van der Waals surface area contributed by atoms with Crippen LogP contribution in [0.2, 0.25) is 5.02 Å². The van der Waals surface area contributed by atoms with Crippen molar-refractivity contribution < 1.29 is 19.4 Å². The third kappa shape index (κ3) is 5.55. The number of unbranched alkanes of at least 4 members (excludes halogenated alkanes) is 2. The molecule has 1 aliphatic rings. The third-order valence-electron chi connectivity index (χ3n) is 5.89. The Hall–Kier alpha value is -1.61. The van der Waals surface area contributed by atoms with Gasteiger partial charge in [0.25, 0.3) is 0 Å². The summed E-state index contributed by atoms with van der Waals surface area (Å²) in [5, 5.41) is 10.5. The molecule has 0 fully saturated rings. The molecule has 3 rings (SSSR count). The van der Waals surface area contributed by atoms with Crippen LogP contribution in [0.3, 0.4) is 0 Å². The number of hydrogen-bond acceptors (Lipinski definition) is 3. The summed E-state index contributed by atoms with van der Waals surface area (Å²) in [5.74, 6) is 0.116. The number of hydrogen-bond donors (Lipinski definition) is 1. The second-order valence-electron chi connectivity index (χ2n) is 7.82. The summed E-state index contributed by atoms with van der Waals surface area (Å²) in [6.07, 6.45) is 5.57. The van der Waals surface area contributed by atoms with Crippen molar-refractivity contribution in [1.82, 2.24) is 0 Å². The maximum absolute atomic E-state index is 10.6. The van der Waals surface area contributed by atoms with Gasteiger partial charge in [-0.3, -0.25) is 4.79 Å². The van der Waals surface area contributed by atoms with Crippen LogP contribution in [0.1, 0.15) is 62.1 Å². The Kier molecular flexibility index (Phi) is 8.16. The number of aryl methyl sites for hydroxylation is 1. The van der Waals surface area contributed by atoms with Gasteiger partial charge in [0.2, 0.25) is 0 Å². The molecule has 1 aliphatic carbocycles. The van der Waals surface area contributed by atoms with Crippen LogP contribution in [0, 0.1) is 0 Å². The minimum atomic E-state index is -0.729. The maximum Gasteiger partial charge on any atom is 0.303 e. The number of carboxylic acid groups (broad SMARTS) is 1. The van der Waals surface area contributed by atoms with Gasteiger partial charge in [-0.05, 0) is 66.7 Å². The molecule has 162 valence electrons. The van der Waals surface area contributed by atoms with Crippen LogP contribution in [0.5, 0.6) is 5.75 Å². The molecule has 2 aromatic carbocycles. The SMILES string of the molecule is CCC1(OCCCCCC(=O)O)CCc2cc(OCc3c(P)cccc3Cl)ccc21. The molecule has 4 nitrogen and oxygen atoms in total. The standard InChI is InChI=1S/C24H30ClO4P/c1-2-24(29-14-5-3-4-9-23(26)27)13-12-17-15-18(10-11-20(17)24)28-16-19-21(25)7-6-8-22(19)30/h6-8,10-11,15H,2-5,9,12-14,16,30H2,1H3,(H,26,27). The van der Waals surface area contributed by atoms with Crippen LogP contribution in [0.4, 0.5) is 0 Å². The van der Waals surface area contributed by atoms with E-state index in [1.165, 1.54) is 11.1 Å². The predicted molar refractivity (Wildman–Crippen MR) is 124 cm³/mol. The lowest BCUT2D eigenvalue weighted by molar-refractivity contribution is -0.137. The largest absolute Gasteiger partial charge is 0.489 e. The summed E-state index contributed by atoms with van der Waals surface area (Å²) < 4.78 is 12.4. The molecule has 0 spiro atoms. The summed E-state index contributed by atoms with van der Waals surface area (Å²) in [5.41, 5.74) is 3.29. The molecular weight excluding hydrogens is 419 g/mol. The van der Waals surface area contributed by atoms with E-state index in [-0.39, 0.29) is 12.0 Å². The molecule has 2 aromatic rings. The van der Waals surface area contributed by atoms with Gasteiger partial charge in [0.05, 0.1) is 5.60 Å². The van der Waals surface area contributed by atoms with Gasteiger partial charge in [-0.2, -0.15) is 0 Å². The number of benzene rings is 2. The van der Waals surface area contributed by atoms with Crippen molar-refractivity contribution in [2.24, 2.45) is 0 Å². The quantitative estimate of drug-likeness (QED) is 0.357. The number of ether oxygens (including phenoxy) is 2. The normalized spacial score (nSPS) is 17.7. The number of fused-ring (bicyclic) bond motifs is 1. The van der Waals surface area contributed by atoms with Crippen molar-refractivity contribution in [2.45, 2.75) is 64.1 Å². The Morgan fingerprint density at radius 1 is 1.23 bits per heavy atom. The van der Waals surface area contributed by atoms with E-state index in [2.05, 4.69) is 28.3 Å². The molecule has 2 atom stereocenters. The van der Waals surface area contributed by atoms with Gasteiger partial charge < -0.3 is 14.6 Å². The van der Waals surface area contributed by atoms with E-state index in [0.717, 1.165) is 48.7 Å². The van der Waals surface area contributed by atoms with Gasteiger partial charge in [-0.15, -0.1) is 9.24 Å². The van der Waals surface area contributed by atoms with Crippen molar-refractivity contribution in [3.05, 3.63) is 58.1 Å². The topological polar surface area (TPSA) is 55.8 Å². The monoisotopic (exact) mass is 448 g/mol. The Morgan fingerprint density at radius 2 is 2.07 bits per heavy atom. The molecule has 0 saturated heterocycles. The van der Waals surface area contributed by atoms with E-state index in [9.17, 15) is 4.79 Å². The highest BCUT2D eigenvalue weighted by atomic mass is 35.5. The van der Waals surface area contributed by atoms with Crippen LogP contribution < -0.4 is 10.0 Å². The lowest BCUT2D eigenvalue weighted by Gasteiger charge is -2.30. The highest BCUT2D eigenvalue weighted by Gasteiger charge is 2.38. The van der Waals surface area contributed by atoms with Gasteiger partial charge in [0, 0.05) is 23.6 Å². The summed E-state index contributed by atoms with van der Waals surface area (Å²) >= 11 is 6.30. The molecule has 0 radical (unpaired) electrons. The maximum atomic E-state index is 10.6. The smallest absolute Gasteiger partial charge is 0.303 e. The summed E-state index contributed by atoms with van der Waals surface area (Å²) in [4.78, 5) is 10.6. The zero-order chi connectivity index (χ0) is 21.6. The zero-order valence-electron chi connectivity index (χ0n) is 17.5. The molecule has 30 heavy (non-hydrogen) atoms. The lowest BCUT2D eigenvalue weighted by Crippen LogP contribution is -2.26. The molecule has 0 heterocycles.